The second-order valence-corrected chi connectivity index (χ2v) is 6.25. The normalized spacial score (nSPS) is 20.0. The van der Waals surface area contributed by atoms with Crippen LogP contribution in [0.25, 0.3) is 0 Å². The summed E-state index contributed by atoms with van der Waals surface area (Å²) >= 11 is 0. The van der Waals surface area contributed by atoms with Gasteiger partial charge in [0.25, 0.3) is 11.8 Å². The van der Waals surface area contributed by atoms with Gasteiger partial charge < -0.3 is 15.0 Å². The Kier molecular flexibility index (Phi) is 6.50. The number of hydrogen-bond donors (Lipinski definition) is 1. The molecule has 0 saturated carbocycles. The predicted octanol–water partition coefficient (Wildman–Crippen LogP) is 1.89. The average molecular weight is 350 g/mol. The molecule has 7 heteroatoms. The number of halogens is 1. The molecular weight excluding hydrogens is 327 g/mol. The number of nitrogens with zero attached hydrogens (tertiary/aromatic N) is 1. The highest BCUT2D eigenvalue weighted by atomic mass is 19.1. The lowest BCUT2D eigenvalue weighted by Gasteiger charge is -2.38. The van der Waals surface area contributed by atoms with Crippen molar-refractivity contribution in [3.8, 4) is 0 Å². The third-order valence-electron chi connectivity index (χ3n) is 4.35. The summed E-state index contributed by atoms with van der Waals surface area (Å²) in [6.07, 6.45) is 2.94. The van der Waals surface area contributed by atoms with E-state index in [1.165, 1.54) is 18.2 Å². The zero-order valence-electron chi connectivity index (χ0n) is 14.5. The van der Waals surface area contributed by atoms with Crippen LogP contribution in [0.1, 0.15) is 43.5 Å². The molecule has 1 aliphatic heterocycles. The third-order valence-corrected chi connectivity index (χ3v) is 4.35. The fourth-order valence-corrected chi connectivity index (χ4v) is 3.07. The van der Waals surface area contributed by atoms with Gasteiger partial charge in [0.2, 0.25) is 0 Å². The Morgan fingerprint density at radius 1 is 1.20 bits per heavy atom. The van der Waals surface area contributed by atoms with Crippen LogP contribution < -0.4 is 5.32 Å². The molecule has 2 rings (SSSR count). The van der Waals surface area contributed by atoms with Crippen LogP contribution in [0.2, 0.25) is 0 Å². The van der Waals surface area contributed by atoms with Crippen molar-refractivity contribution < 1.29 is 23.5 Å². The van der Waals surface area contributed by atoms with E-state index in [9.17, 15) is 18.8 Å². The van der Waals surface area contributed by atoms with Crippen molar-refractivity contribution in [3.63, 3.8) is 0 Å². The van der Waals surface area contributed by atoms with Gasteiger partial charge >= 0.3 is 5.97 Å². The molecule has 0 aromatic heterocycles. The van der Waals surface area contributed by atoms with E-state index in [1.807, 2.05) is 13.8 Å². The second-order valence-electron chi connectivity index (χ2n) is 6.25. The summed E-state index contributed by atoms with van der Waals surface area (Å²) < 4.78 is 18.4. The third kappa shape index (κ3) is 5.01. The number of nitrogens with one attached hydrogen (secondary N) is 1. The number of carbonyl (C=O) groups excluding carboxylic acids is 3. The lowest BCUT2D eigenvalue weighted by Crippen LogP contribution is -2.49. The van der Waals surface area contributed by atoms with E-state index in [4.69, 9.17) is 4.74 Å². The first-order valence-corrected chi connectivity index (χ1v) is 8.39. The molecule has 0 radical (unpaired) electrons. The van der Waals surface area contributed by atoms with Crippen LogP contribution in [-0.4, -0.2) is 47.9 Å². The largest absolute Gasteiger partial charge is 0.454 e. The van der Waals surface area contributed by atoms with E-state index in [1.54, 1.807) is 4.90 Å². The Labute approximate surface area is 146 Å². The SMILES string of the molecule is C[C@@H]1CCC[C@@H](C)N1C(=O)COC(=O)CNC(=O)c1ccccc1F. The van der Waals surface area contributed by atoms with Crippen molar-refractivity contribution in [2.24, 2.45) is 0 Å². The van der Waals surface area contributed by atoms with Gasteiger partial charge in [0.1, 0.15) is 12.4 Å². The second kappa shape index (κ2) is 8.60. The minimum atomic E-state index is -0.740. The lowest BCUT2D eigenvalue weighted by molar-refractivity contribution is -0.154. The van der Waals surface area contributed by atoms with Crippen LogP contribution in [0.3, 0.4) is 0 Å². The van der Waals surface area contributed by atoms with Gasteiger partial charge in [-0.15, -0.1) is 0 Å². The highest BCUT2D eigenvalue weighted by molar-refractivity contribution is 5.96. The lowest BCUT2D eigenvalue weighted by atomic mass is 9.97. The highest BCUT2D eigenvalue weighted by Crippen LogP contribution is 2.22. The van der Waals surface area contributed by atoms with Gasteiger partial charge in [-0.25, -0.2) is 4.39 Å². The number of ether oxygens (including phenoxy) is 1. The molecule has 6 nitrogen and oxygen atoms in total. The van der Waals surface area contributed by atoms with Crippen LogP contribution in [0.5, 0.6) is 0 Å². The van der Waals surface area contributed by atoms with Crippen molar-refractivity contribution in [1.82, 2.24) is 10.2 Å². The number of piperidine rings is 1. The van der Waals surface area contributed by atoms with Crippen LogP contribution in [0.4, 0.5) is 4.39 Å². The summed E-state index contributed by atoms with van der Waals surface area (Å²) in [5, 5.41) is 2.28. The van der Waals surface area contributed by atoms with Gasteiger partial charge in [0.15, 0.2) is 6.61 Å². The van der Waals surface area contributed by atoms with Crippen LogP contribution in [-0.2, 0) is 14.3 Å². The Morgan fingerprint density at radius 2 is 1.84 bits per heavy atom. The van der Waals surface area contributed by atoms with Crippen molar-refractivity contribution in [2.45, 2.75) is 45.2 Å². The van der Waals surface area contributed by atoms with E-state index in [2.05, 4.69) is 5.32 Å². The zero-order chi connectivity index (χ0) is 18.4. The smallest absolute Gasteiger partial charge is 0.325 e. The number of carbonyl (C=O) groups is 3. The molecule has 136 valence electrons. The molecule has 1 heterocycles. The van der Waals surface area contributed by atoms with E-state index in [0.717, 1.165) is 25.3 Å². The van der Waals surface area contributed by atoms with E-state index in [0.29, 0.717) is 0 Å². The standard InChI is InChI=1S/C18H23FN2O4/c1-12-6-5-7-13(2)21(12)16(22)11-25-17(23)10-20-18(24)14-8-3-4-9-15(14)19/h3-4,8-9,12-13H,5-7,10-11H2,1-2H3,(H,20,24)/t12-,13-/m1/s1. The Hall–Kier alpha value is -2.44. The molecule has 0 spiro atoms. The Bertz CT molecular complexity index is 640. The molecule has 1 aromatic carbocycles. The Balaban J connectivity index is 1.78. The van der Waals surface area contributed by atoms with Gasteiger partial charge in [-0.1, -0.05) is 12.1 Å². The first kappa shape index (κ1) is 18.9. The molecule has 0 unspecified atom stereocenters. The maximum Gasteiger partial charge on any atom is 0.325 e. The van der Waals surface area contributed by atoms with Gasteiger partial charge in [-0.05, 0) is 45.2 Å². The van der Waals surface area contributed by atoms with Crippen LogP contribution in [0.15, 0.2) is 24.3 Å². The van der Waals surface area contributed by atoms with E-state index in [-0.39, 0.29) is 30.2 Å². The summed E-state index contributed by atoms with van der Waals surface area (Å²) in [5.41, 5.74) is -0.151. The molecule has 2 amide bonds. The van der Waals surface area contributed by atoms with Crippen LogP contribution >= 0.6 is 0 Å². The zero-order valence-corrected chi connectivity index (χ0v) is 14.5. The predicted molar refractivity (Wildman–Crippen MR) is 89.3 cm³/mol. The summed E-state index contributed by atoms with van der Waals surface area (Å²) in [4.78, 5) is 37.5. The fourth-order valence-electron chi connectivity index (χ4n) is 3.07. The number of likely N-dealkylation sites (tertiary alicyclic amines) is 1. The molecule has 25 heavy (non-hydrogen) atoms. The summed E-state index contributed by atoms with van der Waals surface area (Å²) in [6, 6.07) is 5.71. The maximum absolute atomic E-state index is 13.5. The number of esters is 1. The molecule has 1 saturated heterocycles. The monoisotopic (exact) mass is 350 g/mol. The molecule has 0 bridgehead atoms. The van der Waals surface area contributed by atoms with E-state index >= 15 is 0 Å². The van der Waals surface area contributed by atoms with Gasteiger partial charge in [0.05, 0.1) is 5.56 Å². The first-order chi connectivity index (χ1) is 11.9. The molecule has 1 aliphatic rings. The summed E-state index contributed by atoms with van der Waals surface area (Å²) in [6.45, 7) is 3.17. The highest BCUT2D eigenvalue weighted by Gasteiger charge is 2.29. The summed E-state index contributed by atoms with van der Waals surface area (Å²) in [5.74, 6) is -2.36. The van der Waals surface area contributed by atoms with Gasteiger partial charge in [-0.3, -0.25) is 14.4 Å². The Morgan fingerprint density at radius 3 is 2.48 bits per heavy atom. The van der Waals surface area contributed by atoms with Gasteiger partial charge in [-0.2, -0.15) is 0 Å². The average Bonchev–Trinajstić information content (AvgIpc) is 2.58. The molecule has 0 aliphatic carbocycles. The van der Waals surface area contributed by atoms with Crippen molar-refractivity contribution in [2.75, 3.05) is 13.2 Å². The topological polar surface area (TPSA) is 75.7 Å². The molecule has 1 aromatic rings. The van der Waals surface area contributed by atoms with Crippen molar-refractivity contribution in [3.05, 3.63) is 35.6 Å². The quantitative estimate of drug-likeness (QED) is 0.823. The van der Waals surface area contributed by atoms with Crippen molar-refractivity contribution >= 4 is 17.8 Å². The number of hydrogen-bond acceptors (Lipinski definition) is 4. The minimum Gasteiger partial charge on any atom is -0.454 e. The number of benzene rings is 1. The van der Waals surface area contributed by atoms with E-state index < -0.39 is 24.2 Å². The number of rotatable bonds is 5. The van der Waals surface area contributed by atoms with Crippen LogP contribution in [0, 0.1) is 5.82 Å². The van der Waals surface area contributed by atoms with Crippen molar-refractivity contribution in [1.29, 1.82) is 0 Å². The minimum absolute atomic E-state index is 0.121. The molecule has 2 atom stereocenters. The molecule has 1 N–H and O–H groups in total. The first-order valence-electron chi connectivity index (χ1n) is 8.39. The maximum atomic E-state index is 13.5. The number of amides is 2. The van der Waals surface area contributed by atoms with Gasteiger partial charge in [0, 0.05) is 12.1 Å². The fraction of sp³-hybridized carbons (Fsp3) is 0.500. The molecular formula is C18H23FN2O4. The summed E-state index contributed by atoms with van der Waals surface area (Å²) in [7, 11) is 0. The molecule has 1 fully saturated rings.